The van der Waals surface area contributed by atoms with E-state index in [9.17, 15) is 0 Å². The maximum Gasteiger partial charge on any atom is 0.144 e. The molecule has 0 amide bonds. The van der Waals surface area contributed by atoms with E-state index in [4.69, 9.17) is 9.47 Å². The summed E-state index contributed by atoms with van der Waals surface area (Å²) in [5.74, 6) is 1.60. The molecule has 0 saturated carbocycles. The quantitative estimate of drug-likeness (QED) is 0.714. The van der Waals surface area contributed by atoms with Crippen molar-refractivity contribution in [3.63, 3.8) is 0 Å². The Morgan fingerprint density at radius 2 is 1.52 bits per heavy atom. The fourth-order valence-electron chi connectivity index (χ4n) is 2.56. The molecule has 0 atom stereocenters. The van der Waals surface area contributed by atoms with Gasteiger partial charge in [-0.1, -0.05) is 12.1 Å². The number of anilines is 1. The molecule has 0 aliphatic rings. The Morgan fingerprint density at radius 1 is 0.920 bits per heavy atom. The monoisotopic (exact) mass is 338 g/mol. The van der Waals surface area contributed by atoms with Gasteiger partial charge >= 0.3 is 0 Å². The standard InChI is InChI=1S/C21H26N2O2/c1-14-7-9-18(20(11-14)24-5)22-16(3)13-17(4)23-19-10-8-15(2)12-21(19)25-6/h7-13,22H,1-6H3/b16-13+,23-17?. The normalized spacial score (nSPS) is 12.1. The molecule has 2 aromatic carbocycles. The molecule has 4 nitrogen and oxygen atoms in total. The van der Waals surface area contributed by atoms with Crippen molar-refractivity contribution < 1.29 is 9.47 Å². The predicted octanol–water partition coefficient (Wildman–Crippen LogP) is 5.43. The maximum atomic E-state index is 5.43. The van der Waals surface area contributed by atoms with Gasteiger partial charge in [0.2, 0.25) is 0 Å². The minimum atomic E-state index is 0.776. The van der Waals surface area contributed by atoms with E-state index in [1.165, 1.54) is 0 Å². The number of allylic oxidation sites excluding steroid dienone is 2. The number of ether oxygens (including phenoxy) is 2. The average molecular weight is 338 g/mol. The number of aliphatic imine (C=N–C) groups is 1. The van der Waals surface area contributed by atoms with E-state index in [1.54, 1.807) is 14.2 Å². The second kappa shape index (κ2) is 8.38. The lowest BCUT2D eigenvalue weighted by molar-refractivity contribution is 0.416. The second-order valence-corrected chi connectivity index (χ2v) is 6.08. The van der Waals surface area contributed by atoms with E-state index in [1.807, 2.05) is 64.1 Å². The zero-order valence-electron chi connectivity index (χ0n) is 15.8. The van der Waals surface area contributed by atoms with Gasteiger partial charge in [0.05, 0.1) is 19.9 Å². The summed E-state index contributed by atoms with van der Waals surface area (Å²) in [7, 11) is 3.34. The van der Waals surface area contributed by atoms with Crippen molar-refractivity contribution >= 4 is 17.1 Å². The molecular weight excluding hydrogens is 312 g/mol. The Kier molecular flexibility index (Phi) is 6.23. The Hall–Kier alpha value is -2.75. The minimum Gasteiger partial charge on any atom is -0.495 e. The van der Waals surface area contributed by atoms with Crippen LogP contribution in [0.15, 0.2) is 53.2 Å². The Bertz CT molecular complexity index is 808. The molecule has 0 unspecified atom stereocenters. The van der Waals surface area contributed by atoms with Crippen LogP contribution in [-0.2, 0) is 0 Å². The SMILES string of the molecule is COc1cc(C)ccc1N=C(C)/C=C(\C)Nc1ccc(C)cc1OC. The van der Waals surface area contributed by atoms with Gasteiger partial charge in [0, 0.05) is 11.4 Å². The fourth-order valence-corrected chi connectivity index (χ4v) is 2.56. The molecule has 0 saturated heterocycles. The third kappa shape index (κ3) is 5.11. The minimum absolute atomic E-state index is 0.776. The lowest BCUT2D eigenvalue weighted by atomic mass is 10.2. The molecule has 0 bridgehead atoms. The van der Waals surface area contributed by atoms with Gasteiger partial charge in [-0.25, -0.2) is 4.99 Å². The first-order valence-corrected chi connectivity index (χ1v) is 8.23. The van der Waals surface area contributed by atoms with E-state index in [0.717, 1.165) is 45.4 Å². The van der Waals surface area contributed by atoms with Gasteiger partial charge < -0.3 is 14.8 Å². The summed E-state index contributed by atoms with van der Waals surface area (Å²) in [6.45, 7) is 8.05. The highest BCUT2D eigenvalue weighted by atomic mass is 16.5. The number of benzene rings is 2. The first-order valence-electron chi connectivity index (χ1n) is 8.23. The average Bonchev–Trinajstić information content (AvgIpc) is 2.57. The van der Waals surface area contributed by atoms with Crippen LogP contribution in [0.4, 0.5) is 11.4 Å². The van der Waals surface area contributed by atoms with Crippen LogP contribution in [0.1, 0.15) is 25.0 Å². The summed E-state index contributed by atoms with van der Waals surface area (Å²) in [4.78, 5) is 4.65. The summed E-state index contributed by atoms with van der Waals surface area (Å²) >= 11 is 0. The van der Waals surface area contributed by atoms with E-state index < -0.39 is 0 Å². The van der Waals surface area contributed by atoms with E-state index in [2.05, 4.69) is 16.4 Å². The zero-order valence-corrected chi connectivity index (χ0v) is 15.8. The Labute approximate surface area is 150 Å². The zero-order chi connectivity index (χ0) is 18.4. The fraction of sp³-hybridized carbons (Fsp3) is 0.286. The van der Waals surface area contributed by atoms with Crippen molar-refractivity contribution in [1.29, 1.82) is 0 Å². The van der Waals surface area contributed by atoms with Gasteiger partial charge in [-0.05, 0) is 69.2 Å². The van der Waals surface area contributed by atoms with E-state index >= 15 is 0 Å². The smallest absolute Gasteiger partial charge is 0.144 e. The van der Waals surface area contributed by atoms with Crippen LogP contribution < -0.4 is 14.8 Å². The molecule has 0 fully saturated rings. The molecule has 0 radical (unpaired) electrons. The van der Waals surface area contributed by atoms with Crippen molar-refractivity contribution in [2.75, 3.05) is 19.5 Å². The molecule has 0 aromatic heterocycles. The summed E-state index contributed by atoms with van der Waals surface area (Å²) < 4.78 is 10.8. The number of hydrogen-bond acceptors (Lipinski definition) is 4. The van der Waals surface area contributed by atoms with Crippen LogP contribution in [0.3, 0.4) is 0 Å². The molecule has 0 aliphatic heterocycles. The highest BCUT2D eigenvalue weighted by Gasteiger charge is 2.04. The van der Waals surface area contributed by atoms with Crippen LogP contribution in [0.2, 0.25) is 0 Å². The molecule has 0 aliphatic carbocycles. The van der Waals surface area contributed by atoms with E-state index in [0.29, 0.717) is 0 Å². The first-order chi connectivity index (χ1) is 11.9. The highest BCUT2D eigenvalue weighted by Crippen LogP contribution is 2.29. The Balaban J connectivity index is 2.22. The predicted molar refractivity (Wildman–Crippen MR) is 106 cm³/mol. The van der Waals surface area contributed by atoms with Crippen molar-refractivity contribution in [1.82, 2.24) is 0 Å². The number of methoxy groups -OCH3 is 2. The molecule has 2 aromatic rings. The lowest BCUT2D eigenvalue weighted by Gasteiger charge is -2.12. The molecule has 25 heavy (non-hydrogen) atoms. The topological polar surface area (TPSA) is 42.8 Å². The van der Waals surface area contributed by atoms with Crippen LogP contribution >= 0.6 is 0 Å². The lowest BCUT2D eigenvalue weighted by Crippen LogP contribution is -2.01. The summed E-state index contributed by atoms with van der Waals surface area (Å²) in [6.07, 6.45) is 2.00. The van der Waals surface area contributed by atoms with Crippen molar-refractivity contribution in [3.8, 4) is 11.5 Å². The third-order valence-electron chi connectivity index (χ3n) is 3.75. The first kappa shape index (κ1) is 18.6. The molecule has 2 rings (SSSR count). The molecule has 0 heterocycles. The van der Waals surface area contributed by atoms with Gasteiger partial charge in [0.1, 0.15) is 17.2 Å². The van der Waals surface area contributed by atoms with Crippen LogP contribution in [-0.4, -0.2) is 19.9 Å². The number of nitrogens with zero attached hydrogens (tertiary/aromatic N) is 1. The van der Waals surface area contributed by atoms with Crippen LogP contribution in [0.25, 0.3) is 0 Å². The molecular formula is C21H26N2O2. The number of nitrogens with one attached hydrogen (secondary N) is 1. The maximum absolute atomic E-state index is 5.43. The molecule has 0 spiro atoms. The summed E-state index contributed by atoms with van der Waals surface area (Å²) in [5, 5.41) is 3.37. The molecule has 4 heteroatoms. The summed E-state index contributed by atoms with van der Waals surface area (Å²) in [5.41, 5.74) is 5.93. The largest absolute Gasteiger partial charge is 0.495 e. The number of aryl methyl sites for hydroxylation is 2. The third-order valence-corrected chi connectivity index (χ3v) is 3.75. The van der Waals surface area contributed by atoms with Gasteiger partial charge in [0.15, 0.2) is 0 Å². The second-order valence-electron chi connectivity index (χ2n) is 6.08. The van der Waals surface area contributed by atoms with Gasteiger partial charge in [-0.3, -0.25) is 0 Å². The van der Waals surface area contributed by atoms with E-state index in [-0.39, 0.29) is 0 Å². The van der Waals surface area contributed by atoms with Gasteiger partial charge in [-0.15, -0.1) is 0 Å². The van der Waals surface area contributed by atoms with Gasteiger partial charge in [-0.2, -0.15) is 0 Å². The van der Waals surface area contributed by atoms with Crippen molar-refractivity contribution in [2.24, 2.45) is 4.99 Å². The van der Waals surface area contributed by atoms with Gasteiger partial charge in [0.25, 0.3) is 0 Å². The Morgan fingerprint density at radius 3 is 2.16 bits per heavy atom. The molecule has 132 valence electrons. The van der Waals surface area contributed by atoms with Crippen LogP contribution in [0, 0.1) is 13.8 Å². The van der Waals surface area contributed by atoms with Crippen LogP contribution in [0.5, 0.6) is 11.5 Å². The molecule has 1 N–H and O–H groups in total. The van der Waals surface area contributed by atoms with Crippen molar-refractivity contribution in [2.45, 2.75) is 27.7 Å². The number of rotatable bonds is 6. The van der Waals surface area contributed by atoms with Crippen molar-refractivity contribution in [3.05, 3.63) is 59.3 Å². The summed E-state index contributed by atoms with van der Waals surface area (Å²) in [6, 6.07) is 12.1. The highest BCUT2D eigenvalue weighted by molar-refractivity contribution is 5.96. The number of hydrogen-bond donors (Lipinski definition) is 1.